The lowest BCUT2D eigenvalue weighted by atomic mass is 10.1. The van der Waals surface area contributed by atoms with E-state index in [1.807, 2.05) is 6.92 Å². The second kappa shape index (κ2) is 5.96. The molecule has 3 aromatic rings. The first-order valence-corrected chi connectivity index (χ1v) is 7.00. The summed E-state index contributed by atoms with van der Waals surface area (Å²) in [7, 11) is 0. The molecule has 3 rings (SSSR count). The number of fused-ring (bicyclic) bond motifs is 1. The molecule has 0 saturated carbocycles. The first-order valence-electron chi connectivity index (χ1n) is 7.00. The first kappa shape index (κ1) is 14.8. The van der Waals surface area contributed by atoms with Crippen molar-refractivity contribution in [3.8, 4) is 5.75 Å². The fourth-order valence-corrected chi connectivity index (χ4v) is 2.30. The van der Waals surface area contributed by atoms with Gasteiger partial charge in [0.1, 0.15) is 10.7 Å². The van der Waals surface area contributed by atoms with Crippen molar-refractivity contribution in [2.24, 2.45) is 0 Å². The number of hydrogen-bond donors (Lipinski definition) is 0. The van der Waals surface area contributed by atoms with Gasteiger partial charge >= 0.3 is 11.5 Å². The van der Waals surface area contributed by atoms with Gasteiger partial charge in [-0.3, -0.25) is 10.1 Å². The van der Waals surface area contributed by atoms with Gasteiger partial charge in [0, 0.05) is 17.4 Å². The summed E-state index contributed by atoms with van der Waals surface area (Å²) < 4.78 is 15.9. The van der Waals surface area contributed by atoms with Crippen molar-refractivity contribution in [2.75, 3.05) is 6.61 Å². The Morgan fingerprint density at radius 3 is 2.74 bits per heavy atom. The van der Waals surface area contributed by atoms with E-state index >= 15 is 0 Å². The summed E-state index contributed by atoms with van der Waals surface area (Å²) in [4.78, 5) is 22.1. The highest BCUT2D eigenvalue weighted by atomic mass is 16.6. The highest BCUT2D eigenvalue weighted by molar-refractivity contribution is 5.82. The second-order valence-corrected chi connectivity index (χ2v) is 4.84. The monoisotopic (exact) mass is 315 g/mol. The first-order chi connectivity index (χ1) is 11.1. The van der Waals surface area contributed by atoms with Gasteiger partial charge in [0.05, 0.1) is 12.7 Å². The van der Waals surface area contributed by atoms with Crippen LogP contribution in [-0.4, -0.2) is 11.5 Å². The molecule has 23 heavy (non-hydrogen) atoms. The predicted octanol–water partition coefficient (Wildman–Crippen LogP) is 3.28. The SMILES string of the molecule is CCOc1cccc2cc(Cc3ccc([N+](=O)[O-])o3)c(=O)oc12. The summed E-state index contributed by atoms with van der Waals surface area (Å²) in [6, 6.07) is 9.73. The molecule has 0 atom stereocenters. The molecule has 118 valence electrons. The van der Waals surface area contributed by atoms with E-state index in [9.17, 15) is 14.9 Å². The Morgan fingerprint density at radius 2 is 2.04 bits per heavy atom. The number of furan rings is 1. The summed E-state index contributed by atoms with van der Waals surface area (Å²) >= 11 is 0. The minimum atomic E-state index is -0.624. The van der Waals surface area contributed by atoms with Gasteiger partial charge in [0.2, 0.25) is 0 Å². The zero-order chi connectivity index (χ0) is 16.4. The average molecular weight is 315 g/mol. The molecule has 2 heterocycles. The molecule has 0 spiro atoms. The lowest BCUT2D eigenvalue weighted by Gasteiger charge is -2.06. The zero-order valence-corrected chi connectivity index (χ0v) is 12.3. The van der Waals surface area contributed by atoms with Crippen LogP contribution in [0, 0.1) is 10.1 Å². The molecule has 0 fully saturated rings. The van der Waals surface area contributed by atoms with Crippen molar-refractivity contribution >= 4 is 16.9 Å². The number of hydrogen-bond acceptors (Lipinski definition) is 6. The average Bonchev–Trinajstić information content (AvgIpc) is 2.98. The highest BCUT2D eigenvalue weighted by Crippen LogP contribution is 2.26. The van der Waals surface area contributed by atoms with E-state index in [4.69, 9.17) is 13.6 Å². The Hall–Kier alpha value is -3.09. The van der Waals surface area contributed by atoms with E-state index in [0.717, 1.165) is 0 Å². The van der Waals surface area contributed by atoms with Crippen molar-refractivity contribution in [1.82, 2.24) is 0 Å². The third-order valence-electron chi connectivity index (χ3n) is 3.29. The Kier molecular flexibility index (Phi) is 3.84. The molecule has 0 unspecified atom stereocenters. The minimum absolute atomic E-state index is 0.116. The number of para-hydroxylation sites is 1. The quantitative estimate of drug-likeness (QED) is 0.407. The Bertz CT molecular complexity index is 924. The van der Waals surface area contributed by atoms with Gasteiger partial charge in [0.25, 0.3) is 0 Å². The van der Waals surface area contributed by atoms with Crippen LogP contribution in [0.2, 0.25) is 0 Å². The van der Waals surface area contributed by atoms with Crippen LogP contribution in [0.1, 0.15) is 18.2 Å². The molecule has 1 aromatic carbocycles. The molecular weight excluding hydrogens is 302 g/mol. The van der Waals surface area contributed by atoms with E-state index in [2.05, 4.69) is 0 Å². The molecule has 0 bridgehead atoms. The molecular formula is C16H13NO6. The van der Waals surface area contributed by atoms with Crippen LogP contribution >= 0.6 is 0 Å². The number of nitro groups is 1. The number of rotatable bonds is 5. The van der Waals surface area contributed by atoms with Gasteiger partial charge in [-0.1, -0.05) is 12.1 Å². The fraction of sp³-hybridized carbons (Fsp3) is 0.188. The predicted molar refractivity (Wildman–Crippen MR) is 81.8 cm³/mol. The van der Waals surface area contributed by atoms with Crippen molar-refractivity contribution in [2.45, 2.75) is 13.3 Å². The van der Waals surface area contributed by atoms with E-state index < -0.39 is 10.5 Å². The summed E-state index contributed by atoms with van der Waals surface area (Å²) in [5.74, 6) is 0.468. The van der Waals surface area contributed by atoms with Crippen molar-refractivity contribution in [1.29, 1.82) is 0 Å². The standard InChI is InChI=1S/C16H13NO6/c1-2-21-13-5-3-4-10-8-11(16(18)23-15(10)13)9-12-6-7-14(22-12)17(19)20/h3-8H,2,9H2,1H3. The minimum Gasteiger partial charge on any atom is -0.490 e. The summed E-state index contributed by atoms with van der Waals surface area (Å²) in [6.07, 6.45) is 0.116. The van der Waals surface area contributed by atoms with Crippen LogP contribution in [-0.2, 0) is 6.42 Å². The normalized spacial score (nSPS) is 10.8. The zero-order valence-electron chi connectivity index (χ0n) is 12.3. The van der Waals surface area contributed by atoms with Gasteiger partial charge in [-0.25, -0.2) is 4.79 Å². The molecule has 0 radical (unpaired) electrons. The Balaban J connectivity index is 1.99. The van der Waals surface area contributed by atoms with Crippen LogP contribution in [0.5, 0.6) is 5.75 Å². The lowest BCUT2D eigenvalue weighted by molar-refractivity contribution is -0.402. The lowest BCUT2D eigenvalue weighted by Crippen LogP contribution is -2.08. The van der Waals surface area contributed by atoms with E-state index in [1.165, 1.54) is 12.1 Å². The van der Waals surface area contributed by atoms with Gasteiger partial charge < -0.3 is 13.6 Å². The van der Waals surface area contributed by atoms with Gasteiger partial charge in [-0.15, -0.1) is 0 Å². The highest BCUT2D eigenvalue weighted by Gasteiger charge is 2.15. The van der Waals surface area contributed by atoms with Crippen molar-refractivity contribution in [3.63, 3.8) is 0 Å². The Labute approximate surface area is 130 Å². The third-order valence-corrected chi connectivity index (χ3v) is 3.29. The summed E-state index contributed by atoms with van der Waals surface area (Å²) in [6.45, 7) is 2.30. The Morgan fingerprint density at radius 1 is 1.22 bits per heavy atom. The topological polar surface area (TPSA) is 95.7 Å². The van der Waals surface area contributed by atoms with Crippen LogP contribution in [0.25, 0.3) is 11.0 Å². The second-order valence-electron chi connectivity index (χ2n) is 4.84. The molecule has 0 saturated heterocycles. The van der Waals surface area contributed by atoms with Gasteiger partial charge in [-0.2, -0.15) is 0 Å². The molecule has 7 heteroatoms. The number of nitrogens with zero attached hydrogens (tertiary/aromatic N) is 1. The van der Waals surface area contributed by atoms with E-state index in [0.29, 0.717) is 34.6 Å². The number of benzene rings is 1. The van der Waals surface area contributed by atoms with Crippen LogP contribution in [0.3, 0.4) is 0 Å². The van der Waals surface area contributed by atoms with Crippen LogP contribution < -0.4 is 10.4 Å². The molecule has 7 nitrogen and oxygen atoms in total. The molecule has 0 amide bonds. The van der Waals surface area contributed by atoms with Crippen molar-refractivity contribution in [3.05, 3.63) is 68.3 Å². The van der Waals surface area contributed by atoms with Crippen LogP contribution in [0.4, 0.5) is 5.88 Å². The summed E-state index contributed by atoms with van der Waals surface area (Å²) in [5.41, 5.74) is 0.215. The van der Waals surface area contributed by atoms with Crippen LogP contribution in [0.15, 0.2) is 50.0 Å². The fourth-order valence-electron chi connectivity index (χ4n) is 2.30. The maximum atomic E-state index is 12.1. The van der Waals surface area contributed by atoms with E-state index in [-0.39, 0.29) is 12.3 Å². The van der Waals surface area contributed by atoms with Gasteiger partial charge in [0.15, 0.2) is 11.3 Å². The number of ether oxygens (including phenoxy) is 1. The molecule has 0 aliphatic rings. The molecule has 0 N–H and O–H groups in total. The summed E-state index contributed by atoms with van der Waals surface area (Å²) in [5, 5.41) is 11.3. The molecule has 2 aromatic heterocycles. The molecule has 0 aliphatic carbocycles. The smallest absolute Gasteiger partial charge is 0.433 e. The molecule has 0 aliphatic heterocycles. The maximum absolute atomic E-state index is 12.1. The van der Waals surface area contributed by atoms with E-state index in [1.54, 1.807) is 24.3 Å². The van der Waals surface area contributed by atoms with Crippen molar-refractivity contribution < 1.29 is 18.5 Å². The van der Waals surface area contributed by atoms with Gasteiger partial charge in [-0.05, 0) is 25.1 Å². The largest absolute Gasteiger partial charge is 0.490 e. The maximum Gasteiger partial charge on any atom is 0.433 e. The third kappa shape index (κ3) is 2.94.